The van der Waals surface area contributed by atoms with Gasteiger partial charge in [0.15, 0.2) is 0 Å². The lowest BCUT2D eigenvalue weighted by Gasteiger charge is -2.27. The van der Waals surface area contributed by atoms with E-state index in [-0.39, 0.29) is 5.54 Å². The summed E-state index contributed by atoms with van der Waals surface area (Å²) in [5, 5.41) is 7.96. The summed E-state index contributed by atoms with van der Waals surface area (Å²) < 4.78 is 1.99. The quantitative estimate of drug-likeness (QED) is 0.834. The second kappa shape index (κ2) is 4.95. The minimum atomic E-state index is 0.192. The molecule has 0 aliphatic rings. The smallest absolute Gasteiger partial charge is 0.147 e. The lowest BCUT2D eigenvalue weighted by atomic mass is 10.0. The molecule has 0 bridgehead atoms. The molecule has 0 saturated heterocycles. The van der Waals surface area contributed by atoms with E-state index in [1.165, 1.54) is 0 Å². The molecule has 0 saturated carbocycles. The fraction of sp³-hybridized carbons (Fsp3) is 0.833. The second-order valence-electron chi connectivity index (χ2n) is 5.12. The lowest BCUT2D eigenvalue weighted by molar-refractivity contribution is 0.332. The molecule has 16 heavy (non-hydrogen) atoms. The molecule has 1 aromatic heterocycles. The summed E-state index contributed by atoms with van der Waals surface area (Å²) in [6.45, 7) is 13.7. The van der Waals surface area contributed by atoms with Crippen LogP contribution < -0.4 is 5.32 Å². The van der Waals surface area contributed by atoms with Crippen molar-refractivity contribution in [2.24, 2.45) is 0 Å². The largest absolute Gasteiger partial charge is 0.310 e. The Morgan fingerprint density at radius 1 is 1.38 bits per heavy atom. The van der Waals surface area contributed by atoms with E-state index in [1.807, 2.05) is 18.5 Å². The normalized spacial score (nSPS) is 14.1. The van der Waals surface area contributed by atoms with Gasteiger partial charge in [-0.05, 0) is 41.0 Å². The van der Waals surface area contributed by atoms with Gasteiger partial charge in [-0.25, -0.2) is 9.67 Å². The van der Waals surface area contributed by atoms with Gasteiger partial charge >= 0.3 is 0 Å². The van der Waals surface area contributed by atoms with Crippen LogP contribution in [0, 0.1) is 13.8 Å². The van der Waals surface area contributed by atoms with Crippen LogP contribution in [-0.2, 0) is 0 Å². The Balaban J connectivity index is 2.59. The summed E-state index contributed by atoms with van der Waals surface area (Å²) in [4.78, 5) is 4.32. The highest BCUT2D eigenvalue weighted by molar-refractivity contribution is 4.90. The van der Waals surface area contributed by atoms with Crippen LogP contribution in [0.5, 0.6) is 0 Å². The highest BCUT2D eigenvalue weighted by Gasteiger charge is 2.17. The molecule has 1 heterocycles. The predicted molar refractivity (Wildman–Crippen MR) is 66.6 cm³/mol. The van der Waals surface area contributed by atoms with Gasteiger partial charge in [-0.3, -0.25) is 0 Å². The molecule has 0 amide bonds. The first-order valence-corrected chi connectivity index (χ1v) is 6.00. The first kappa shape index (κ1) is 13.2. The fourth-order valence-corrected chi connectivity index (χ4v) is 1.59. The van der Waals surface area contributed by atoms with E-state index in [2.05, 4.69) is 43.1 Å². The van der Waals surface area contributed by atoms with Crippen LogP contribution in [0.15, 0.2) is 0 Å². The highest BCUT2D eigenvalue weighted by Crippen LogP contribution is 2.11. The molecule has 1 N–H and O–H groups in total. The van der Waals surface area contributed by atoms with Gasteiger partial charge in [0.1, 0.15) is 11.6 Å². The van der Waals surface area contributed by atoms with Crippen LogP contribution in [0.3, 0.4) is 0 Å². The third kappa shape index (κ3) is 3.30. The van der Waals surface area contributed by atoms with E-state index in [4.69, 9.17) is 0 Å². The van der Waals surface area contributed by atoms with Gasteiger partial charge < -0.3 is 5.32 Å². The molecule has 4 heteroatoms. The van der Waals surface area contributed by atoms with Gasteiger partial charge in [0.25, 0.3) is 0 Å². The maximum atomic E-state index is 4.40. The Labute approximate surface area is 98.5 Å². The van der Waals surface area contributed by atoms with E-state index >= 15 is 0 Å². The van der Waals surface area contributed by atoms with Crippen molar-refractivity contribution in [2.45, 2.75) is 59.5 Å². The average molecular weight is 224 g/mol. The number of nitrogens with zero attached hydrogens (tertiary/aromatic N) is 3. The molecule has 92 valence electrons. The number of hydrogen-bond acceptors (Lipinski definition) is 3. The number of aryl methyl sites for hydroxylation is 2. The molecule has 1 atom stereocenters. The van der Waals surface area contributed by atoms with E-state index in [1.54, 1.807) is 0 Å². The molecule has 1 unspecified atom stereocenters. The molecule has 1 aromatic rings. The van der Waals surface area contributed by atoms with Crippen molar-refractivity contribution < 1.29 is 0 Å². The van der Waals surface area contributed by atoms with Crippen LogP contribution in [0.25, 0.3) is 0 Å². The van der Waals surface area contributed by atoms with E-state index in [9.17, 15) is 0 Å². The summed E-state index contributed by atoms with van der Waals surface area (Å²) in [5.74, 6) is 1.83. The van der Waals surface area contributed by atoms with E-state index in [0.29, 0.717) is 6.04 Å². The maximum absolute atomic E-state index is 4.40. The Hall–Kier alpha value is -0.900. The van der Waals surface area contributed by atoms with Crippen molar-refractivity contribution in [3.05, 3.63) is 11.6 Å². The van der Waals surface area contributed by atoms with Crippen LogP contribution in [0.4, 0.5) is 0 Å². The number of rotatable bonds is 5. The minimum Gasteiger partial charge on any atom is -0.310 e. The zero-order valence-corrected chi connectivity index (χ0v) is 11.3. The molecule has 0 fully saturated rings. The number of nitrogens with one attached hydrogen (secondary N) is 1. The van der Waals surface area contributed by atoms with Crippen molar-refractivity contribution in [1.29, 1.82) is 0 Å². The SMILES string of the molecule is CCC(C)(C)NCC(C)n1nc(C)nc1C. The second-order valence-corrected chi connectivity index (χ2v) is 5.12. The molecule has 1 rings (SSSR count). The highest BCUT2D eigenvalue weighted by atomic mass is 15.4. The zero-order valence-electron chi connectivity index (χ0n) is 11.3. The number of aromatic nitrogens is 3. The van der Waals surface area contributed by atoms with Gasteiger partial charge in [0.2, 0.25) is 0 Å². The molecular weight excluding hydrogens is 200 g/mol. The Morgan fingerprint density at radius 3 is 2.44 bits per heavy atom. The van der Waals surface area contributed by atoms with Crippen molar-refractivity contribution in [2.75, 3.05) is 6.54 Å². The molecular formula is C12H24N4. The summed E-state index contributed by atoms with van der Waals surface area (Å²) in [7, 11) is 0. The number of hydrogen-bond donors (Lipinski definition) is 1. The van der Waals surface area contributed by atoms with Gasteiger partial charge in [-0.2, -0.15) is 5.10 Å². The molecule has 0 aromatic carbocycles. The first-order chi connectivity index (χ1) is 7.35. The third-order valence-corrected chi connectivity index (χ3v) is 3.09. The van der Waals surface area contributed by atoms with Gasteiger partial charge in [0, 0.05) is 12.1 Å². The van der Waals surface area contributed by atoms with Crippen LogP contribution >= 0.6 is 0 Å². The van der Waals surface area contributed by atoms with Gasteiger partial charge in [0.05, 0.1) is 6.04 Å². The summed E-state index contributed by atoms with van der Waals surface area (Å²) >= 11 is 0. The topological polar surface area (TPSA) is 42.7 Å². The van der Waals surface area contributed by atoms with Crippen molar-refractivity contribution in [1.82, 2.24) is 20.1 Å². The third-order valence-electron chi connectivity index (χ3n) is 3.09. The lowest BCUT2D eigenvalue weighted by Crippen LogP contribution is -2.41. The van der Waals surface area contributed by atoms with Crippen LogP contribution in [0.2, 0.25) is 0 Å². The van der Waals surface area contributed by atoms with Crippen LogP contribution in [-0.4, -0.2) is 26.8 Å². The summed E-state index contributed by atoms with van der Waals surface area (Å²) in [6, 6.07) is 0.340. The molecule has 0 radical (unpaired) electrons. The molecule has 0 aliphatic carbocycles. The van der Waals surface area contributed by atoms with E-state index in [0.717, 1.165) is 24.6 Å². The van der Waals surface area contributed by atoms with Crippen molar-refractivity contribution >= 4 is 0 Å². The van der Waals surface area contributed by atoms with E-state index < -0.39 is 0 Å². The molecule has 0 spiro atoms. The Kier molecular flexibility index (Phi) is 4.08. The van der Waals surface area contributed by atoms with Crippen molar-refractivity contribution in [3.8, 4) is 0 Å². The van der Waals surface area contributed by atoms with Gasteiger partial charge in [-0.15, -0.1) is 0 Å². The zero-order chi connectivity index (χ0) is 12.3. The summed E-state index contributed by atoms with van der Waals surface area (Å²) in [6.07, 6.45) is 1.12. The average Bonchev–Trinajstić information content (AvgIpc) is 2.54. The monoisotopic (exact) mass is 224 g/mol. The molecule has 0 aliphatic heterocycles. The fourth-order valence-electron chi connectivity index (χ4n) is 1.59. The maximum Gasteiger partial charge on any atom is 0.147 e. The predicted octanol–water partition coefficient (Wildman–Crippen LogP) is 2.23. The standard InChI is InChI=1S/C12H24N4/c1-7-12(5,6)13-8-9(2)16-11(4)14-10(3)15-16/h9,13H,7-8H2,1-6H3. The molecule has 4 nitrogen and oxygen atoms in total. The van der Waals surface area contributed by atoms with Gasteiger partial charge in [-0.1, -0.05) is 6.92 Å². The summed E-state index contributed by atoms with van der Waals surface area (Å²) in [5.41, 5.74) is 0.192. The van der Waals surface area contributed by atoms with Crippen LogP contribution in [0.1, 0.15) is 51.8 Å². The van der Waals surface area contributed by atoms with Crippen molar-refractivity contribution in [3.63, 3.8) is 0 Å². The Morgan fingerprint density at radius 2 is 2.00 bits per heavy atom. The first-order valence-electron chi connectivity index (χ1n) is 6.00. The Bertz CT molecular complexity index is 341. The minimum absolute atomic E-state index is 0.192.